The molecule has 0 fully saturated rings. The summed E-state index contributed by atoms with van der Waals surface area (Å²) in [5.41, 5.74) is 1.23. The van der Waals surface area contributed by atoms with E-state index in [4.69, 9.17) is 9.47 Å². The number of nitrogens with one attached hydrogen (secondary N) is 2. The third-order valence-electron chi connectivity index (χ3n) is 3.97. The lowest BCUT2D eigenvalue weighted by molar-refractivity contribution is -0.144. The molecule has 2 N–H and O–H groups in total. The van der Waals surface area contributed by atoms with Crippen molar-refractivity contribution in [2.24, 2.45) is 0 Å². The van der Waals surface area contributed by atoms with Crippen molar-refractivity contribution in [1.82, 2.24) is 0 Å². The number of ether oxygens (including phenoxy) is 2. The van der Waals surface area contributed by atoms with Crippen LogP contribution in [-0.2, 0) is 24.3 Å². The normalized spacial score (nSPS) is 10.9. The van der Waals surface area contributed by atoms with Gasteiger partial charge in [-0.05, 0) is 55.8 Å². The molecule has 0 unspecified atom stereocenters. The first-order chi connectivity index (χ1) is 13.7. The minimum atomic E-state index is -3.87. The number of rotatable bonds is 9. The van der Waals surface area contributed by atoms with Crippen LogP contribution in [0.25, 0.3) is 0 Å². The zero-order valence-corrected chi connectivity index (χ0v) is 17.3. The van der Waals surface area contributed by atoms with Gasteiger partial charge in [0, 0.05) is 17.8 Å². The van der Waals surface area contributed by atoms with Crippen LogP contribution in [0.3, 0.4) is 0 Å². The summed E-state index contributed by atoms with van der Waals surface area (Å²) in [6.07, 6.45) is -0.103. The first-order valence-electron chi connectivity index (χ1n) is 8.98. The highest BCUT2D eigenvalue weighted by molar-refractivity contribution is 7.92. The van der Waals surface area contributed by atoms with Crippen molar-refractivity contribution in [3.05, 3.63) is 48.0 Å². The van der Waals surface area contributed by atoms with Gasteiger partial charge in [-0.2, -0.15) is 0 Å². The molecule has 0 spiro atoms. The Labute approximate surface area is 170 Å². The molecule has 0 aromatic heterocycles. The lowest BCUT2D eigenvalue weighted by Crippen LogP contribution is -2.17. The summed E-state index contributed by atoms with van der Waals surface area (Å²) in [7, 11) is -2.35. The van der Waals surface area contributed by atoms with Crippen molar-refractivity contribution in [2.75, 3.05) is 23.8 Å². The Morgan fingerprint density at radius 3 is 2.28 bits per heavy atom. The molecule has 0 aliphatic rings. The summed E-state index contributed by atoms with van der Waals surface area (Å²) in [6.45, 7) is 3.60. The van der Waals surface area contributed by atoms with Gasteiger partial charge in [-0.25, -0.2) is 8.42 Å². The average Bonchev–Trinajstić information content (AvgIpc) is 2.68. The molecular formula is C20H24N2O6S. The number of benzene rings is 2. The SMILES string of the molecule is CCOC(=O)CCC(=O)Nc1ccc(C)c(S(=O)(=O)Nc2ccc(OC)cc2)c1. The molecular weight excluding hydrogens is 396 g/mol. The van der Waals surface area contributed by atoms with E-state index >= 15 is 0 Å². The minimum absolute atomic E-state index is 0.0384. The van der Waals surface area contributed by atoms with E-state index in [0.29, 0.717) is 22.7 Å². The molecule has 1 amide bonds. The quantitative estimate of drug-likeness (QED) is 0.603. The van der Waals surface area contributed by atoms with E-state index in [1.807, 2.05) is 0 Å². The summed E-state index contributed by atoms with van der Waals surface area (Å²) >= 11 is 0. The number of amides is 1. The Balaban J connectivity index is 2.12. The van der Waals surface area contributed by atoms with Crippen molar-refractivity contribution in [3.8, 4) is 5.75 Å². The van der Waals surface area contributed by atoms with E-state index in [9.17, 15) is 18.0 Å². The summed E-state index contributed by atoms with van der Waals surface area (Å²) in [5, 5.41) is 2.60. The van der Waals surface area contributed by atoms with Gasteiger partial charge in [-0.3, -0.25) is 14.3 Å². The van der Waals surface area contributed by atoms with Gasteiger partial charge in [0.2, 0.25) is 5.91 Å². The summed E-state index contributed by atoms with van der Waals surface area (Å²) in [6, 6.07) is 11.0. The third-order valence-corrected chi connectivity index (χ3v) is 5.49. The Morgan fingerprint density at radius 2 is 1.66 bits per heavy atom. The Kier molecular flexibility index (Phi) is 7.60. The molecule has 0 aliphatic carbocycles. The molecule has 0 heterocycles. The van der Waals surface area contributed by atoms with Gasteiger partial charge in [-0.1, -0.05) is 6.07 Å². The molecule has 0 saturated carbocycles. The number of aryl methyl sites for hydroxylation is 1. The average molecular weight is 420 g/mol. The maximum absolute atomic E-state index is 12.8. The van der Waals surface area contributed by atoms with Crippen LogP contribution < -0.4 is 14.8 Å². The highest BCUT2D eigenvalue weighted by Crippen LogP contribution is 2.24. The fraction of sp³-hybridized carbons (Fsp3) is 0.300. The second kappa shape index (κ2) is 9.92. The second-order valence-electron chi connectivity index (χ2n) is 6.17. The number of esters is 1. The number of hydrogen-bond acceptors (Lipinski definition) is 6. The fourth-order valence-corrected chi connectivity index (χ4v) is 3.84. The Bertz CT molecular complexity index is 971. The van der Waals surface area contributed by atoms with Crippen LogP contribution >= 0.6 is 0 Å². The smallest absolute Gasteiger partial charge is 0.306 e. The summed E-state index contributed by atoms with van der Waals surface area (Å²) < 4.78 is 37.9. The Hall–Kier alpha value is -3.07. The van der Waals surface area contributed by atoms with Gasteiger partial charge >= 0.3 is 5.97 Å². The van der Waals surface area contributed by atoms with Gasteiger partial charge in [0.1, 0.15) is 5.75 Å². The van der Waals surface area contributed by atoms with Crippen molar-refractivity contribution in [3.63, 3.8) is 0 Å². The molecule has 2 aromatic carbocycles. The van der Waals surface area contributed by atoms with E-state index < -0.39 is 21.9 Å². The van der Waals surface area contributed by atoms with Crippen LogP contribution in [0.15, 0.2) is 47.4 Å². The van der Waals surface area contributed by atoms with Crippen molar-refractivity contribution in [2.45, 2.75) is 31.6 Å². The molecule has 0 atom stereocenters. The largest absolute Gasteiger partial charge is 0.497 e. The molecule has 9 heteroatoms. The van der Waals surface area contributed by atoms with Gasteiger partial charge in [-0.15, -0.1) is 0 Å². The van der Waals surface area contributed by atoms with E-state index in [1.165, 1.54) is 13.2 Å². The zero-order valence-electron chi connectivity index (χ0n) is 16.5. The van der Waals surface area contributed by atoms with Gasteiger partial charge in [0.05, 0.1) is 25.0 Å². The molecule has 8 nitrogen and oxygen atoms in total. The van der Waals surface area contributed by atoms with Gasteiger partial charge in [0.15, 0.2) is 0 Å². The number of carbonyl (C=O) groups is 2. The first-order valence-corrected chi connectivity index (χ1v) is 10.5. The van der Waals surface area contributed by atoms with Crippen molar-refractivity contribution < 1.29 is 27.5 Å². The van der Waals surface area contributed by atoms with Crippen molar-refractivity contribution in [1.29, 1.82) is 0 Å². The summed E-state index contributed by atoms with van der Waals surface area (Å²) in [5.74, 6) is -0.261. The van der Waals surface area contributed by atoms with Gasteiger partial charge < -0.3 is 14.8 Å². The molecule has 0 radical (unpaired) electrons. The topological polar surface area (TPSA) is 111 Å². The first kappa shape index (κ1) is 22.2. The molecule has 0 saturated heterocycles. The lowest BCUT2D eigenvalue weighted by Gasteiger charge is -2.13. The summed E-state index contributed by atoms with van der Waals surface area (Å²) in [4.78, 5) is 23.4. The molecule has 2 aromatic rings. The van der Waals surface area contributed by atoms with Gasteiger partial charge in [0.25, 0.3) is 10.0 Å². The number of sulfonamides is 1. The van der Waals surface area contributed by atoms with E-state index in [1.54, 1.807) is 50.2 Å². The van der Waals surface area contributed by atoms with E-state index in [2.05, 4.69) is 10.0 Å². The van der Waals surface area contributed by atoms with Crippen LogP contribution in [0, 0.1) is 6.92 Å². The number of methoxy groups -OCH3 is 1. The monoisotopic (exact) mass is 420 g/mol. The number of hydrogen-bond donors (Lipinski definition) is 2. The maximum atomic E-state index is 12.8. The van der Waals surface area contributed by atoms with Crippen molar-refractivity contribution >= 4 is 33.3 Å². The van der Waals surface area contributed by atoms with Crippen LogP contribution in [0.1, 0.15) is 25.3 Å². The van der Waals surface area contributed by atoms with Crippen LogP contribution in [0.5, 0.6) is 5.75 Å². The molecule has 2 rings (SSSR count). The van der Waals surface area contributed by atoms with E-state index in [-0.39, 0.29) is 24.3 Å². The van der Waals surface area contributed by atoms with Crippen LogP contribution in [-0.4, -0.2) is 34.0 Å². The fourth-order valence-electron chi connectivity index (χ4n) is 2.51. The highest BCUT2D eigenvalue weighted by atomic mass is 32.2. The van der Waals surface area contributed by atoms with Crippen LogP contribution in [0.4, 0.5) is 11.4 Å². The number of carbonyl (C=O) groups excluding carboxylic acids is 2. The predicted molar refractivity (Wildman–Crippen MR) is 109 cm³/mol. The highest BCUT2D eigenvalue weighted by Gasteiger charge is 2.18. The second-order valence-corrected chi connectivity index (χ2v) is 7.82. The third kappa shape index (κ3) is 6.49. The number of anilines is 2. The van der Waals surface area contributed by atoms with Crippen LogP contribution in [0.2, 0.25) is 0 Å². The molecule has 0 aliphatic heterocycles. The maximum Gasteiger partial charge on any atom is 0.306 e. The lowest BCUT2D eigenvalue weighted by atomic mass is 10.2. The molecule has 0 bridgehead atoms. The zero-order chi connectivity index (χ0) is 21.4. The Morgan fingerprint density at radius 1 is 1.00 bits per heavy atom. The minimum Gasteiger partial charge on any atom is -0.497 e. The molecule has 29 heavy (non-hydrogen) atoms. The standard InChI is InChI=1S/C20H24N2O6S/c1-4-28-20(24)12-11-19(23)21-16-6-5-14(2)18(13-16)29(25,26)22-15-7-9-17(27-3)10-8-15/h5-10,13,22H,4,11-12H2,1-3H3,(H,21,23). The van der Waals surface area contributed by atoms with E-state index in [0.717, 1.165) is 0 Å². The predicted octanol–water partition coefficient (Wildman–Crippen LogP) is 3.09. The molecule has 156 valence electrons.